The predicted octanol–water partition coefficient (Wildman–Crippen LogP) is 3.94. The molecule has 4 aromatic rings. The van der Waals surface area contributed by atoms with Gasteiger partial charge in [-0.3, -0.25) is 4.79 Å². The quantitative estimate of drug-likeness (QED) is 0.367. The van der Waals surface area contributed by atoms with Crippen LogP contribution in [0.5, 0.6) is 5.88 Å². The van der Waals surface area contributed by atoms with Crippen molar-refractivity contribution in [3.63, 3.8) is 0 Å². The third kappa shape index (κ3) is 2.52. The van der Waals surface area contributed by atoms with Crippen LogP contribution < -0.4 is 0 Å². The van der Waals surface area contributed by atoms with Crippen LogP contribution in [0, 0.1) is 3.57 Å². The molecule has 118 valence electrons. The molecule has 0 aliphatic carbocycles. The zero-order chi connectivity index (χ0) is 16.7. The molecule has 24 heavy (non-hydrogen) atoms. The minimum Gasteiger partial charge on any atom is -0.493 e. The van der Waals surface area contributed by atoms with Crippen molar-refractivity contribution in [3.05, 3.63) is 45.5 Å². The lowest BCUT2D eigenvalue weighted by molar-refractivity contribution is 0.0995. The van der Waals surface area contributed by atoms with Crippen molar-refractivity contribution in [1.29, 1.82) is 0 Å². The lowest BCUT2D eigenvalue weighted by Crippen LogP contribution is -1.93. The first kappa shape index (κ1) is 14.8. The van der Waals surface area contributed by atoms with Crippen LogP contribution in [0.25, 0.3) is 21.9 Å². The van der Waals surface area contributed by atoms with Crippen LogP contribution in [0.2, 0.25) is 0 Å². The molecule has 4 rings (SSSR count). The first-order valence-corrected chi connectivity index (χ1v) is 7.88. The number of nitrogens with zero attached hydrogens (tertiary/aromatic N) is 4. The molecule has 0 spiro atoms. The summed E-state index contributed by atoms with van der Waals surface area (Å²) in [6, 6.07) is 10.3. The van der Waals surface area contributed by atoms with Crippen LogP contribution in [0.4, 0.5) is 5.69 Å². The molecule has 8 nitrogen and oxygen atoms in total. The number of benzene rings is 2. The molecule has 0 radical (unpaired) electrons. The van der Waals surface area contributed by atoms with Crippen molar-refractivity contribution in [3.8, 4) is 5.88 Å². The van der Waals surface area contributed by atoms with Gasteiger partial charge in [0.1, 0.15) is 11.0 Å². The largest absolute Gasteiger partial charge is 0.493 e. The number of amides is 1. The molecular formula is C15H8IN5O3. The van der Waals surface area contributed by atoms with E-state index in [-0.39, 0.29) is 11.6 Å². The van der Waals surface area contributed by atoms with Gasteiger partial charge in [0.25, 0.3) is 5.91 Å². The van der Waals surface area contributed by atoms with E-state index in [0.717, 1.165) is 3.57 Å². The number of halogens is 1. The number of aromatic nitrogens is 3. The summed E-state index contributed by atoms with van der Waals surface area (Å²) < 4.78 is 5.57. The summed E-state index contributed by atoms with van der Waals surface area (Å²) >= 11 is 2.16. The molecule has 0 unspecified atom stereocenters. The number of fused-ring (bicyclic) bond motifs is 2. The van der Waals surface area contributed by atoms with E-state index >= 15 is 0 Å². The predicted molar refractivity (Wildman–Crippen MR) is 93.3 cm³/mol. The summed E-state index contributed by atoms with van der Waals surface area (Å²) in [4.78, 5) is 15.0. The van der Waals surface area contributed by atoms with E-state index in [2.05, 4.69) is 52.7 Å². The number of rotatable bonds is 2. The van der Waals surface area contributed by atoms with Crippen LogP contribution >= 0.6 is 22.6 Å². The summed E-state index contributed by atoms with van der Waals surface area (Å²) in [5.74, 6) is -0.695. The first-order valence-electron chi connectivity index (χ1n) is 6.80. The van der Waals surface area contributed by atoms with E-state index in [9.17, 15) is 9.90 Å². The Morgan fingerprint density at radius 2 is 2.00 bits per heavy atom. The van der Waals surface area contributed by atoms with E-state index in [4.69, 9.17) is 0 Å². The van der Waals surface area contributed by atoms with Crippen LogP contribution in [0.15, 0.2) is 51.3 Å². The second kappa shape index (κ2) is 5.67. The van der Waals surface area contributed by atoms with Gasteiger partial charge in [-0.05, 0) is 69.3 Å². The van der Waals surface area contributed by atoms with Crippen molar-refractivity contribution >= 4 is 56.1 Å². The molecule has 2 aromatic carbocycles. The van der Waals surface area contributed by atoms with E-state index in [1.807, 2.05) is 18.2 Å². The third-order valence-corrected chi connectivity index (χ3v) is 4.13. The smallest absolute Gasteiger partial charge is 0.295 e. The van der Waals surface area contributed by atoms with E-state index < -0.39 is 5.91 Å². The summed E-state index contributed by atoms with van der Waals surface area (Å²) in [5, 5.41) is 25.6. The molecule has 0 aliphatic rings. The Hall–Kier alpha value is -2.82. The van der Waals surface area contributed by atoms with E-state index in [1.165, 1.54) is 6.07 Å². The highest BCUT2D eigenvalue weighted by molar-refractivity contribution is 14.1. The Morgan fingerprint density at radius 3 is 2.88 bits per heavy atom. The molecule has 2 aromatic heterocycles. The van der Waals surface area contributed by atoms with Gasteiger partial charge in [-0.25, -0.2) is 4.63 Å². The van der Waals surface area contributed by atoms with Crippen molar-refractivity contribution in [2.45, 2.75) is 0 Å². The van der Waals surface area contributed by atoms with Crippen LogP contribution in [0.1, 0.15) is 10.4 Å². The van der Waals surface area contributed by atoms with Crippen molar-refractivity contribution in [2.24, 2.45) is 10.2 Å². The number of carbonyl (C=O) groups is 1. The zero-order valence-corrected chi connectivity index (χ0v) is 14.1. The van der Waals surface area contributed by atoms with Crippen molar-refractivity contribution in [1.82, 2.24) is 15.3 Å². The second-order valence-corrected chi connectivity index (χ2v) is 6.23. The molecule has 2 heterocycles. The molecule has 0 fully saturated rings. The molecule has 2 N–H and O–H groups in total. The SMILES string of the molecule is O=C(N=Nc1c(O)[nH]c2ccc(I)cc12)c1ccc2nonc2c1. The Kier molecular flexibility index (Phi) is 3.49. The van der Waals surface area contributed by atoms with Gasteiger partial charge in [0.15, 0.2) is 5.69 Å². The second-order valence-electron chi connectivity index (χ2n) is 4.98. The highest BCUT2D eigenvalue weighted by atomic mass is 127. The Bertz CT molecular complexity index is 1110. The lowest BCUT2D eigenvalue weighted by atomic mass is 10.2. The van der Waals surface area contributed by atoms with Gasteiger partial charge in [0.2, 0.25) is 5.88 Å². The molecule has 9 heteroatoms. The van der Waals surface area contributed by atoms with Crippen molar-refractivity contribution < 1.29 is 14.5 Å². The number of hydrogen-bond donors (Lipinski definition) is 2. The Labute approximate surface area is 147 Å². The number of nitrogens with one attached hydrogen (secondary N) is 1. The van der Waals surface area contributed by atoms with E-state index in [1.54, 1.807) is 12.1 Å². The van der Waals surface area contributed by atoms with Crippen LogP contribution in [0.3, 0.4) is 0 Å². The number of aromatic hydroxyl groups is 1. The van der Waals surface area contributed by atoms with Crippen molar-refractivity contribution in [2.75, 3.05) is 0 Å². The molecule has 0 bridgehead atoms. The number of carbonyl (C=O) groups excluding carboxylic acids is 1. The number of aromatic amines is 1. The molecule has 0 atom stereocenters. The fourth-order valence-electron chi connectivity index (χ4n) is 2.31. The highest BCUT2D eigenvalue weighted by Gasteiger charge is 2.13. The minimum absolute atomic E-state index is 0.139. The Morgan fingerprint density at radius 1 is 1.17 bits per heavy atom. The maximum Gasteiger partial charge on any atom is 0.295 e. The van der Waals surface area contributed by atoms with Gasteiger partial charge in [-0.15, -0.1) is 10.2 Å². The first-order chi connectivity index (χ1) is 11.6. The molecular weight excluding hydrogens is 425 g/mol. The van der Waals surface area contributed by atoms with Crippen LogP contribution in [-0.2, 0) is 0 Å². The standard InChI is InChI=1S/C15H8IN5O3/c16-8-2-4-10-9(6-8)13(15(23)17-10)18-19-14(22)7-1-3-11-12(5-7)21-24-20-11/h1-6,17,23H. The molecule has 0 aliphatic heterocycles. The fraction of sp³-hybridized carbons (Fsp3) is 0. The normalized spacial score (nSPS) is 11.7. The van der Waals surface area contributed by atoms with Crippen LogP contribution in [-0.4, -0.2) is 26.3 Å². The van der Waals surface area contributed by atoms with Gasteiger partial charge < -0.3 is 10.1 Å². The number of H-pyrrole nitrogens is 1. The minimum atomic E-state index is -0.556. The summed E-state index contributed by atoms with van der Waals surface area (Å²) in [7, 11) is 0. The zero-order valence-electron chi connectivity index (χ0n) is 11.9. The van der Waals surface area contributed by atoms with Gasteiger partial charge in [-0.2, -0.15) is 0 Å². The Balaban J connectivity index is 1.70. The topological polar surface area (TPSA) is 117 Å². The summed E-state index contributed by atoms with van der Waals surface area (Å²) in [6.07, 6.45) is 0. The monoisotopic (exact) mass is 433 g/mol. The highest BCUT2D eigenvalue weighted by Crippen LogP contribution is 2.36. The van der Waals surface area contributed by atoms with Gasteiger partial charge in [0, 0.05) is 14.5 Å². The lowest BCUT2D eigenvalue weighted by Gasteiger charge is -1.95. The average molecular weight is 433 g/mol. The fourth-order valence-corrected chi connectivity index (χ4v) is 2.80. The molecule has 1 amide bonds. The molecule has 0 saturated carbocycles. The maximum absolute atomic E-state index is 12.2. The number of hydrogen-bond acceptors (Lipinski definition) is 6. The van der Waals surface area contributed by atoms with E-state index in [0.29, 0.717) is 27.5 Å². The summed E-state index contributed by atoms with van der Waals surface area (Å²) in [5.41, 5.74) is 2.24. The van der Waals surface area contributed by atoms with Gasteiger partial charge in [-0.1, -0.05) is 0 Å². The summed E-state index contributed by atoms with van der Waals surface area (Å²) in [6.45, 7) is 0. The maximum atomic E-state index is 12.2. The number of azo groups is 1. The van der Waals surface area contributed by atoms with Gasteiger partial charge in [0.05, 0.1) is 5.52 Å². The third-order valence-electron chi connectivity index (χ3n) is 3.46. The van der Waals surface area contributed by atoms with Gasteiger partial charge >= 0.3 is 0 Å². The average Bonchev–Trinajstić information content (AvgIpc) is 3.15. The molecule has 0 saturated heterocycles.